The van der Waals surface area contributed by atoms with Gasteiger partial charge >= 0.3 is 0 Å². The molecule has 5 rings (SSSR count). The number of carbonyl (C=O) groups is 2. The average Bonchev–Trinajstić information content (AvgIpc) is 3.60. The third kappa shape index (κ3) is 4.24. The summed E-state index contributed by atoms with van der Waals surface area (Å²) in [5, 5.41) is 2.09. The molecule has 0 spiro atoms. The van der Waals surface area contributed by atoms with Crippen LogP contribution in [0.4, 0.5) is 0 Å². The molecular formula is C26H24N2O4S. The molecule has 3 aromatic heterocycles. The molecule has 1 atom stereocenters. The van der Waals surface area contributed by atoms with Crippen LogP contribution in [0.5, 0.6) is 0 Å². The van der Waals surface area contributed by atoms with Gasteiger partial charge in [-0.2, -0.15) is 0 Å². The maximum atomic E-state index is 13.7. The van der Waals surface area contributed by atoms with Crippen molar-refractivity contribution in [3.8, 4) is 0 Å². The summed E-state index contributed by atoms with van der Waals surface area (Å²) in [5.74, 6) is 0.359. The number of fused-ring (bicyclic) bond motifs is 1. The topological polar surface area (TPSA) is 66.9 Å². The number of thiophene rings is 1. The lowest BCUT2D eigenvalue weighted by Gasteiger charge is -2.38. The second kappa shape index (κ2) is 9.11. The van der Waals surface area contributed by atoms with Crippen LogP contribution in [0, 0.1) is 6.92 Å². The van der Waals surface area contributed by atoms with Crippen molar-refractivity contribution < 1.29 is 18.4 Å². The van der Waals surface area contributed by atoms with Crippen LogP contribution in [0.25, 0.3) is 0 Å². The van der Waals surface area contributed by atoms with Crippen molar-refractivity contribution in [1.82, 2.24) is 9.80 Å². The molecule has 0 aliphatic carbocycles. The summed E-state index contributed by atoms with van der Waals surface area (Å²) < 4.78 is 10.8. The third-order valence-electron chi connectivity index (χ3n) is 6.04. The predicted molar refractivity (Wildman–Crippen MR) is 125 cm³/mol. The van der Waals surface area contributed by atoms with Gasteiger partial charge in [0.1, 0.15) is 12.3 Å². The molecule has 168 valence electrons. The van der Waals surface area contributed by atoms with Gasteiger partial charge in [0.05, 0.1) is 25.1 Å². The molecule has 2 amide bonds. The first-order chi connectivity index (χ1) is 16.1. The summed E-state index contributed by atoms with van der Waals surface area (Å²) in [5.41, 5.74) is 3.42. The minimum absolute atomic E-state index is 0.0674. The highest BCUT2D eigenvalue weighted by atomic mass is 32.1. The summed E-state index contributed by atoms with van der Waals surface area (Å²) in [7, 11) is 0. The largest absolute Gasteiger partial charge is 0.467 e. The SMILES string of the molecule is Cc1ccccc1C1c2ccsc2CCN1C(=O)CN(Cc1ccco1)C(=O)c1ccco1. The molecule has 33 heavy (non-hydrogen) atoms. The van der Waals surface area contributed by atoms with Gasteiger partial charge in [0, 0.05) is 11.4 Å². The number of amides is 2. The highest BCUT2D eigenvalue weighted by molar-refractivity contribution is 7.10. The van der Waals surface area contributed by atoms with E-state index in [-0.39, 0.29) is 36.7 Å². The van der Waals surface area contributed by atoms with E-state index in [1.807, 2.05) is 17.0 Å². The first kappa shape index (κ1) is 21.3. The second-order valence-corrected chi connectivity index (χ2v) is 9.11. The standard InChI is InChI=1S/C26H24N2O4S/c1-18-6-2-3-8-20(18)25-21-11-15-33-23(21)10-12-28(25)24(29)17-27(16-19-7-4-13-31-19)26(30)22-9-5-14-32-22/h2-9,11,13-15,25H,10,12,16-17H2,1H3. The van der Waals surface area contributed by atoms with Gasteiger partial charge in [-0.15, -0.1) is 11.3 Å². The molecule has 0 saturated heterocycles. The van der Waals surface area contributed by atoms with Gasteiger partial charge in [0.15, 0.2) is 5.76 Å². The van der Waals surface area contributed by atoms with Gasteiger partial charge in [0.2, 0.25) is 5.91 Å². The number of benzene rings is 1. The predicted octanol–water partition coefficient (Wildman–Crippen LogP) is 5.06. The molecular weight excluding hydrogens is 436 g/mol. The Bertz CT molecular complexity index is 1240. The average molecular weight is 461 g/mol. The van der Waals surface area contributed by atoms with Gasteiger partial charge in [-0.1, -0.05) is 24.3 Å². The van der Waals surface area contributed by atoms with Crippen molar-refractivity contribution in [1.29, 1.82) is 0 Å². The number of furan rings is 2. The Morgan fingerprint density at radius 2 is 1.85 bits per heavy atom. The molecule has 6 nitrogen and oxygen atoms in total. The summed E-state index contributed by atoms with van der Waals surface area (Å²) in [6.07, 6.45) is 3.83. The van der Waals surface area contributed by atoms with E-state index in [4.69, 9.17) is 8.83 Å². The molecule has 1 aromatic carbocycles. The van der Waals surface area contributed by atoms with Gasteiger partial charge in [0.25, 0.3) is 5.91 Å². The third-order valence-corrected chi connectivity index (χ3v) is 7.04. The van der Waals surface area contributed by atoms with Crippen LogP contribution in [-0.4, -0.2) is 34.7 Å². The smallest absolute Gasteiger partial charge is 0.290 e. The second-order valence-electron chi connectivity index (χ2n) is 8.11. The summed E-state index contributed by atoms with van der Waals surface area (Å²) in [6.45, 7) is 2.80. The summed E-state index contributed by atoms with van der Waals surface area (Å²) >= 11 is 1.74. The van der Waals surface area contributed by atoms with Gasteiger partial charge in [-0.3, -0.25) is 9.59 Å². The zero-order valence-electron chi connectivity index (χ0n) is 18.3. The van der Waals surface area contributed by atoms with Crippen molar-refractivity contribution in [3.05, 3.63) is 106 Å². The minimum Gasteiger partial charge on any atom is -0.467 e. The Morgan fingerprint density at radius 1 is 1.03 bits per heavy atom. The van der Waals surface area contributed by atoms with Crippen LogP contribution in [0.3, 0.4) is 0 Å². The van der Waals surface area contributed by atoms with Crippen LogP contribution in [0.2, 0.25) is 0 Å². The fraction of sp³-hybridized carbons (Fsp3) is 0.231. The quantitative estimate of drug-likeness (QED) is 0.403. The van der Waals surface area contributed by atoms with E-state index in [1.54, 1.807) is 41.9 Å². The lowest BCUT2D eigenvalue weighted by Crippen LogP contribution is -2.46. The zero-order valence-corrected chi connectivity index (χ0v) is 19.1. The number of carbonyl (C=O) groups excluding carboxylic acids is 2. The summed E-state index contributed by atoms with van der Waals surface area (Å²) in [4.78, 5) is 31.5. The van der Waals surface area contributed by atoms with E-state index in [0.717, 1.165) is 17.5 Å². The van der Waals surface area contributed by atoms with Crippen LogP contribution in [0.15, 0.2) is 81.3 Å². The van der Waals surface area contributed by atoms with Crippen LogP contribution >= 0.6 is 11.3 Å². The minimum atomic E-state index is -0.342. The van der Waals surface area contributed by atoms with Gasteiger partial charge in [-0.05, 0) is 65.7 Å². The van der Waals surface area contributed by atoms with Gasteiger partial charge in [-0.25, -0.2) is 0 Å². The lowest BCUT2D eigenvalue weighted by molar-refractivity contribution is -0.134. The fourth-order valence-electron chi connectivity index (χ4n) is 4.41. The Labute approximate surface area is 196 Å². The highest BCUT2D eigenvalue weighted by Gasteiger charge is 2.35. The number of hydrogen-bond donors (Lipinski definition) is 0. The molecule has 7 heteroatoms. The van der Waals surface area contributed by atoms with Crippen molar-refractivity contribution in [2.45, 2.75) is 25.9 Å². The normalized spacial score (nSPS) is 15.3. The zero-order chi connectivity index (χ0) is 22.8. The molecule has 0 saturated carbocycles. The molecule has 4 aromatic rings. The van der Waals surface area contributed by atoms with Gasteiger partial charge < -0.3 is 18.6 Å². The first-order valence-electron chi connectivity index (χ1n) is 10.9. The molecule has 0 N–H and O–H groups in total. The first-order valence-corrected chi connectivity index (χ1v) is 11.8. The van der Waals surface area contributed by atoms with E-state index in [1.165, 1.54) is 21.6 Å². The van der Waals surface area contributed by atoms with E-state index in [0.29, 0.717) is 12.3 Å². The molecule has 1 unspecified atom stereocenters. The van der Waals surface area contributed by atoms with Crippen molar-refractivity contribution >= 4 is 23.2 Å². The molecule has 1 aliphatic heterocycles. The van der Waals surface area contributed by atoms with Crippen LogP contribution < -0.4 is 0 Å². The van der Waals surface area contributed by atoms with Crippen molar-refractivity contribution in [2.75, 3.05) is 13.1 Å². The Balaban J connectivity index is 1.45. The molecule has 4 heterocycles. The number of hydrogen-bond acceptors (Lipinski definition) is 5. The Morgan fingerprint density at radius 3 is 2.61 bits per heavy atom. The van der Waals surface area contributed by atoms with E-state index in [2.05, 4.69) is 30.5 Å². The van der Waals surface area contributed by atoms with Crippen LogP contribution in [-0.2, 0) is 17.8 Å². The molecule has 0 fully saturated rings. The lowest BCUT2D eigenvalue weighted by atomic mass is 9.90. The van der Waals surface area contributed by atoms with Crippen LogP contribution in [0.1, 0.15) is 43.9 Å². The van der Waals surface area contributed by atoms with Crippen molar-refractivity contribution in [3.63, 3.8) is 0 Å². The monoisotopic (exact) mass is 460 g/mol. The number of aryl methyl sites for hydroxylation is 1. The number of rotatable bonds is 6. The van der Waals surface area contributed by atoms with Crippen molar-refractivity contribution in [2.24, 2.45) is 0 Å². The van der Waals surface area contributed by atoms with E-state index >= 15 is 0 Å². The Hall–Kier alpha value is -3.58. The maximum absolute atomic E-state index is 13.7. The molecule has 1 aliphatic rings. The van der Waals surface area contributed by atoms with E-state index < -0.39 is 0 Å². The molecule has 0 bridgehead atoms. The summed E-state index contributed by atoms with van der Waals surface area (Å²) in [6, 6.07) is 17.0. The number of nitrogens with zero attached hydrogens (tertiary/aromatic N) is 2. The fourth-order valence-corrected chi connectivity index (χ4v) is 5.32. The molecule has 0 radical (unpaired) electrons. The highest BCUT2D eigenvalue weighted by Crippen LogP contribution is 2.39. The Kier molecular flexibility index (Phi) is 5.88. The van der Waals surface area contributed by atoms with E-state index in [9.17, 15) is 9.59 Å². The maximum Gasteiger partial charge on any atom is 0.290 e.